The molecule has 5 N–H and O–H groups in total. The Morgan fingerprint density at radius 3 is 2.68 bits per heavy atom. The molecule has 1 aliphatic rings. The van der Waals surface area contributed by atoms with Gasteiger partial charge in [0.05, 0.1) is 11.9 Å². The number of rotatable bonds is 6. The van der Waals surface area contributed by atoms with Gasteiger partial charge in [0.1, 0.15) is 5.82 Å². The topological polar surface area (TPSA) is 122 Å². The van der Waals surface area contributed by atoms with Gasteiger partial charge < -0.3 is 21.7 Å². The third-order valence-electron chi connectivity index (χ3n) is 5.40. The van der Waals surface area contributed by atoms with E-state index in [-0.39, 0.29) is 23.1 Å². The van der Waals surface area contributed by atoms with Gasteiger partial charge in [0.15, 0.2) is 23.1 Å². The Morgan fingerprint density at radius 2 is 1.91 bits per heavy atom. The number of carbonyl (C=O) groups is 2. The standard InChI is InChI=1S/C23H21F3N6O2/c24-16-4-5-17(25)19(26)15(16)10-30-22(33)13-3-1-2-12(8-13)18-11-29-21(27)20(32-18)23(34)31-14-6-7-28-9-14/h1-5,8,11,14,28H,6-7,9-10H2,(H2,27,29)(H,30,33)(H,31,34)/t14-/m0/s1. The average Bonchev–Trinajstić information content (AvgIpc) is 3.34. The quantitative estimate of drug-likeness (QED) is 0.410. The molecule has 1 saturated heterocycles. The van der Waals surface area contributed by atoms with Crippen LogP contribution in [0.1, 0.15) is 32.8 Å². The first-order valence-electron chi connectivity index (χ1n) is 10.5. The molecule has 0 bridgehead atoms. The van der Waals surface area contributed by atoms with E-state index in [1.165, 1.54) is 18.3 Å². The van der Waals surface area contributed by atoms with Gasteiger partial charge in [-0.1, -0.05) is 12.1 Å². The fraction of sp³-hybridized carbons (Fsp3) is 0.217. The lowest BCUT2D eigenvalue weighted by Gasteiger charge is -2.13. The van der Waals surface area contributed by atoms with Crippen LogP contribution in [0.5, 0.6) is 0 Å². The first-order valence-corrected chi connectivity index (χ1v) is 10.5. The van der Waals surface area contributed by atoms with Crippen LogP contribution in [0.3, 0.4) is 0 Å². The van der Waals surface area contributed by atoms with Gasteiger partial charge in [0.25, 0.3) is 11.8 Å². The largest absolute Gasteiger partial charge is 0.382 e. The number of nitrogens with two attached hydrogens (primary N) is 1. The highest BCUT2D eigenvalue weighted by Crippen LogP contribution is 2.21. The van der Waals surface area contributed by atoms with Crippen LogP contribution >= 0.6 is 0 Å². The molecule has 1 aliphatic heterocycles. The smallest absolute Gasteiger partial charge is 0.274 e. The Morgan fingerprint density at radius 1 is 1.12 bits per heavy atom. The van der Waals surface area contributed by atoms with Gasteiger partial charge >= 0.3 is 0 Å². The molecule has 0 radical (unpaired) electrons. The van der Waals surface area contributed by atoms with Crippen molar-refractivity contribution in [2.45, 2.75) is 19.0 Å². The van der Waals surface area contributed by atoms with Gasteiger partial charge in [-0.15, -0.1) is 0 Å². The molecule has 2 amide bonds. The van der Waals surface area contributed by atoms with Gasteiger partial charge in [0.2, 0.25) is 0 Å². The molecular formula is C23H21F3N6O2. The van der Waals surface area contributed by atoms with Crippen molar-refractivity contribution < 1.29 is 22.8 Å². The second-order valence-corrected chi connectivity index (χ2v) is 7.74. The molecule has 8 nitrogen and oxygen atoms in total. The zero-order chi connectivity index (χ0) is 24.2. The van der Waals surface area contributed by atoms with Gasteiger partial charge in [-0.2, -0.15) is 0 Å². The summed E-state index contributed by atoms with van der Waals surface area (Å²) >= 11 is 0. The maximum absolute atomic E-state index is 13.8. The molecule has 0 aliphatic carbocycles. The Hall–Kier alpha value is -3.99. The monoisotopic (exact) mass is 470 g/mol. The number of nitrogen functional groups attached to an aromatic ring is 1. The van der Waals surface area contributed by atoms with Gasteiger partial charge in [0, 0.05) is 35.8 Å². The highest BCUT2D eigenvalue weighted by atomic mass is 19.2. The second-order valence-electron chi connectivity index (χ2n) is 7.74. The molecule has 4 rings (SSSR count). The van der Waals surface area contributed by atoms with E-state index in [0.717, 1.165) is 19.0 Å². The molecule has 34 heavy (non-hydrogen) atoms. The normalized spacial score (nSPS) is 15.2. The SMILES string of the molecule is Nc1ncc(-c2cccc(C(=O)NCc3c(F)ccc(F)c3F)c2)nc1C(=O)N[C@H]1CCNC1. The molecule has 0 saturated carbocycles. The predicted octanol–water partition coefficient (Wildman–Crippen LogP) is 2.16. The third-order valence-corrected chi connectivity index (χ3v) is 5.40. The Balaban J connectivity index is 1.51. The van der Waals surface area contributed by atoms with Crippen LogP contribution in [-0.2, 0) is 6.54 Å². The van der Waals surface area contributed by atoms with E-state index in [1.807, 2.05) is 0 Å². The summed E-state index contributed by atoms with van der Waals surface area (Å²) in [5, 5.41) is 8.37. The van der Waals surface area contributed by atoms with Crippen LogP contribution in [0.2, 0.25) is 0 Å². The van der Waals surface area contributed by atoms with E-state index in [1.54, 1.807) is 12.1 Å². The summed E-state index contributed by atoms with van der Waals surface area (Å²) in [6, 6.07) is 7.64. The van der Waals surface area contributed by atoms with Crippen LogP contribution < -0.4 is 21.7 Å². The van der Waals surface area contributed by atoms with E-state index < -0.39 is 41.4 Å². The molecule has 0 unspecified atom stereocenters. The molecule has 11 heteroatoms. The van der Waals surface area contributed by atoms with Gasteiger partial charge in [-0.05, 0) is 37.2 Å². The summed E-state index contributed by atoms with van der Waals surface area (Å²) in [5.41, 5.74) is 6.18. The van der Waals surface area contributed by atoms with Crippen molar-refractivity contribution in [2.75, 3.05) is 18.8 Å². The van der Waals surface area contributed by atoms with Crippen LogP contribution in [0.15, 0.2) is 42.6 Å². The fourth-order valence-corrected chi connectivity index (χ4v) is 3.56. The maximum Gasteiger partial charge on any atom is 0.274 e. The molecule has 176 valence electrons. The molecule has 2 aromatic carbocycles. The van der Waals surface area contributed by atoms with Crippen molar-refractivity contribution in [3.8, 4) is 11.3 Å². The number of carbonyl (C=O) groups excluding carboxylic acids is 2. The molecule has 1 atom stereocenters. The van der Waals surface area contributed by atoms with Crippen LogP contribution in [0, 0.1) is 17.5 Å². The van der Waals surface area contributed by atoms with Crippen LogP contribution in [-0.4, -0.2) is 40.9 Å². The molecule has 1 fully saturated rings. The van der Waals surface area contributed by atoms with E-state index in [0.29, 0.717) is 23.9 Å². The highest BCUT2D eigenvalue weighted by Gasteiger charge is 2.21. The summed E-state index contributed by atoms with van der Waals surface area (Å²) in [6.07, 6.45) is 2.16. The van der Waals surface area contributed by atoms with Gasteiger partial charge in [-0.25, -0.2) is 23.1 Å². The minimum Gasteiger partial charge on any atom is -0.382 e. The van der Waals surface area contributed by atoms with E-state index in [9.17, 15) is 22.8 Å². The average molecular weight is 470 g/mol. The molecule has 1 aromatic heterocycles. The van der Waals surface area contributed by atoms with Crippen molar-refractivity contribution in [1.82, 2.24) is 25.9 Å². The van der Waals surface area contributed by atoms with Crippen molar-refractivity contribution in [3.05, 3.63) is 76.9 Å². The number of anilines is 1. The summed E-state index contributed by atoms with van der Waals surface area (Å²) in [6.45, 7) is 0.916. The summed E-state index contributed by atoms with van der Waals surface area (Å²) in [5.74, 6) is -4.65. The van der Waals surface area contributed by atoms with Crippen LogP contribution in [0.4, 0.5) is 19.0 Å². The van der Waals surface area contributed by atoms with Crippen molar-refractivity contribution in [3.63, 3.8) is 0 Å². The highest BCUT2D eigenvalue weighted by molar-refractivity contribution is 5.97. The Bertz CT molecular complexity index is 1250. The third kappa shape index (κ3) is 4.99. The first kappa shape index (κ1) is 23.2. The van der Waals surface area contributed by atoms with Crippen molar-refractivity contribution in [2.24, 2.45) is 0 Å². The number of nitrogens with zero attached hydrogens (tertiary/aromatic N) is 2. The minimum absolute atomic E-state index is 0.0275. The number of hydrogen-bond donors (Lipinski definition) is 4. The lowest BCUT2D eigenvalue weighted by atomic mass is 10.1. The first-order chi connectivity index (χ1) is 16.3. The molecule has 2 heterocycles. The second kappa shape index (κ2) is 9.87. The molecule has 0 spiro atoms. The lowest BCUT2D eigenvalue weighted by Crippen LogP contribution is -2.37. The number of amides is 2. The minimum atomic E-state index is -1.36. The summed E-state index contributed by atoms with van der Waals surface area (Å²) in [4.78, 5) is 33.5. The summed E-state index contributed by atoms with van der Waals surface area (Å²) in [7, 11) is 0. The Kier molecular flexibility index (Phi) is 6.73. The zero-order valence-corrected chi connectivity index (χ0v) is 17.9. The van der Waals surface area contributed by atoms with Gasteiger partial charge in [-0.3, -0.25) is 9.59 Å². The van der Waals surface area contributed by atoms with Crippen molar-refractivity contribution >= 4 is 17.6 Å². The molecular weight excluding hydrogens is 449 g/mol. The van der Waals surface area contributed by atoms with E-state index in [4.69, 9.17) is 5.73 Å². The maximum atomic E-state index is 13.8. The number of nitrogens with one attached hydrogen (secondary N) is 3. The number of benzene rings is 2. The zero-order valence-electron chi connectivity index (χ0n) is 17.9. The van der Waals surface area contributed by atoms with Crippen molar-refractivity contribution in [1.29, 1.82) is 0 Å². The molecule has 3 aromatic rings. The van der Waals surface area contributed by atoms with Crippen LogP contribution in [0.25, 0.3) is 11.3 Å². The Labute approximate surface area is 192 Å². The summed E-state index contributed by atoms with van der Waals surface area (Å²) < 4.78 is 41.0. The lowest BCUT2D eigenvalue weighted by molar-refractivity contribution is 0.0932. The number of aromatic nitrogens is 2. The van der Waals surface area contributed by atoms with E-state index >= 15 is 0 Å². The van der Waals surface area contributed by atoms with E-state index in [2.05, 4.69) is 25.9 Å². The number of hydrogen-bond acceptors (Lipinski definition) is 6. The fourth-order valence-electron chi connectivity index (χ4n) is 3.56. The predicted molar refractivity (Wildman–Crippen MR) is 118 cm³/mol. The number of halogens is 3.